The van der Waals surface area contributed by atoms with Gasteiger partial charge in [-0.15, -0.1) is 0 Å². The molecule has 0 radical (unpaired) electrons. The molecule has 2 heterocycles. The summed E-state index contributed by atoms with van der Waals surface area (Å²) in [6.07, 6.45) is 4.73. The average molecular weight is 355 g/mol. The van der Waals surface area contributed by atoms with E-state index in [0.717, 1.165) is 22.9 Å². The number of nitrogens with one attached hydrogen (secondary N) is 1. The van der Waals surface area contributed by atoms with Gasteiger partial charge < -0.3 is 9.88 Å². The number of carbonyl (C=O) groups is 1. The van der Waals surface area contributed by atoms with Crippen LogP contribution in [0.5, 0.6) is 0 Å². The van der Waals surface area contributed by atoms with Gasteiger partial charge in [-0.05, 0) is 42.3 Å². The van der Waals surface area contributed by atoms with Crippen molar-refractivity contribution in [3.05, 3.63) is 76.7 Å². The third-order valence-corrected chi connectivity index (χ3v) is 4.83. The van der Waals surface area contributed by atoms with Crippen LogP contribution in [0.25, 0.3) is 16.5 Å². The predicted octanol–water partition coefficient (Wildman–Crippen LogP) is 4.89. The number of halogens is 2. The third-order valence-electron chi connectivity index (χ3n) is 4.59. The van der Waals surface area contributed by atoms with Gasteiger partial charge in [-0.3, -0.25) is 4.79 Å². The molecule has 4 rings (SSSR count). The van der Waals surface area contributed by atoms with E-state index in [1.165, 1.54) is 17.7 Å². The normalized spacial score (nSPS) is 14.6. The molecule has 3 aromatic rings. The molecule has 0 saturated heterocycles. The minimum absolute atomic E-state index is 0.123. The van der Waals surface area contributed by atoms with Crippen LogP contribution in [0.1, 0.15) is 22.3 Å². The first kappa shape index (κ1) is 15.9. The SMILES string of the molecule is O=C(c1ccccc1F)N1CC=C(c2c[nH]c3ccc(Cl)cc23)CC1. The fourth-order valence-corrected chi connectivity index (χ4v) is 3.43. The molecule has 3 nitrogen and oxygen atoms in total. The molecule has 0 atom stereocenters. The highest BCUT2D eigenvalue weighted by atomic mass is 35.5. The lowest BCUT2D eigenvalue weighted by atomic mass is 9.98. The first-order valence-electron chi connectivity index (χ1n) is 8.13. The van der Waals surface area contributed by atoms with Gasteiger partial charge in [0.25, 0.3) is 5.91 Å². The number of benzene rings is 2. The third kappa shape index (κ3) is 2.94. The van der Waals surface area contributed by atoms with Crippen molar-refractivity contribution in [3.8, 4) is 0 Å². The predicted molar refractivity (Wildman–Crippen MR) is 98.2 cm³/mol. The largest absolute Gasteiger partial charge is 0.361 e. The van der Waals surface area contributed by atoms with Gasteiger partial charge in [0.2, 0.25) is 0 Å². The standard InChI is InChI=1S/C20H16ClFN2O/c21-14-5-6-19-16(11-14)17(12-23-19)13-7-9-24(10-8-13)20(25)15-3-1-2-4-18(15)22/h1-7,11-12,23H,8-10H2. The number of hydrogen-bond donors (Lipinski definition) is 1. The maximum atomic E-state index is 13.8. The van der Waals surface area contributed by atoms with Gasteiger partial charge in [-0.1, -0.05) is 29.8 Å². The minimum atomic E-state index is -0.478. The molecule has 0 spiro atoms. The molecule has 0 fully saturated rings. The van der Waals surface area contributed by atoms with E-state index in [0.29, 0.717) is 18.1 Å². The number of amides is 1. The highest BCUT2D eigenvalue weighted by molar-refractivity contribution is 6.31. The summed E-state index contributed by atoms with van der Waals surface area (Å²) < 4.78 is 13.8. The van der Waals surface area contributed by atoms with Gasteiger partial charge in [-0.2, -0.15) is 0 Å². The molecule has 5 heteroatoms. The van der Waals surface area contributed by atoms with Crippen LogP contribution in [0.3, 0.4) is 0 Å². The summed E-state index contributed by atoms with van der Waals surface area (Å²) in [5.74, 6) is -0.746. The summed E-state index contributed by atoms with van der Waals surface area (Å²) in [6.45, 7) is 1.03. The van der Waals surface area contributed by atoms with Crippen molar-refractivity contribution in [1.29, 1.82) is 0 Å². The molecular formula is C20H16ClFN2O. The molecule has 1 N–H and O–H groups in total. The lowest BCUT2D eigenvalue weighted by molar-refractivity contribution is 0.0768. The number of rotatable bonds is 2. The van der Waals surface area contributed by atoms with Crippen LogP contribution in [0, 0.1) is 5.82 Å². The van der Waals surface area contributed by atoms with Crippen molar-refractivity contribution in [2.75, 3.05) is 13.1 Å². The highest BCUT2D eigenvalue weighted by Crippen LogP contribution is 2.31. The maximum absolute atomic E-state index is 13.8. The molecule has 25 heavy (non-hydrogen) atoms. The van der Waals surface area contributed by atoms with Crippen LogP contribution in [0.2, 0.25) is 5.02 Å². The van der Waals surface area contributed by atoms with Gasteiger partial charge >= 0.3 is 0 Å². The quantitative estimate of drug-likeness (QED) is 0.698. The zero-order chi connectivity index (χ0) is 17.4. The number of carbonyl (C=O) groups excluding carboxylic acids is 1. The Morgan fingerprint density at radius 3 is 2.80 bits per heavy atom. The molecule has 126 valence electrons. The molecule has 1 aliphatic heterocycles. The van der Waals surface area contributed by atoms with Gasteiger partial charge in [0.05, 0.1) is 5.56 Å². The maximum Gasteiger partial charge on any atom is 0.257 e. The fraction of sp³-hybridized carbons (Fsp3) is 0.150. The Morgan fingerprint density at radius 2 is 2.04 bits per heavy atom. The van der Waals surface area contributed by atoms with Crippen molar-refractivity contribution < 1.29 is 9.18 Å². The van der Waals surface area contributed by atoms with E-state index in [9.17, 15) is 9.18 Å². The Labute approximate surface area is 149 Å². The molecule has 0 saturated carbocycles. The second kappa shape index (κ2) is 6.37. The van der Waals surface area contributed by atoms with Crippen molar-refractivity contribution >= 4 is 34.0 Å². The number of aromatic amines is 1. The zero-order valence-electron chi connectivity index (χ0n) is 13.4. The molecule has 2 aromatic carbocycles. The Morgan fingerprint density at radius 1 is 1.20 bits per heavy atom. The van der Waals surface area contributed by atoms with Crippen LogP contribution in [0.15, 0.2) is 54.7 Å². The summed E-state index contributed by atoms with van der Waals surface area (Å²) >= 11 is 6.11. The second-order valence-corrected chi connectivity index (χ2v) is 6.54. The number of H-pyrrole nitrogens is 1. The van der Waals surface area contributed by atoms with Crippen LogP contribution in [0.4, 0.5) is 4.39 Å². The summed E-state index contributed by atoms with van der Waals surface area (Å²) in [4.78, 5) is 17.4. The van der Waals surface area contributed by atoms with Crippen molar-refractivity contribution in [3.63, 3.8) is 0 Å². The van der Waals surface area contributed by atoms with Gasteiger partial charge in [0, 0.05) is 40.8 Å². The van der Waals surface area contributed by atoms with Crippen LogP contribution >= 0.6 is 11.6 Å². The fourth-order valence-electron chi connectivity index (χ4n) is 3.26. The molecule has 0 bridgehead atoms. The van der Waals surface area contributed by atoms with E-state index in [4.69, 9.17) is 11.6 Å². The molecule has 1 aromatic heterocycles. The van der Waals surface area contributed by atoms with Gasteiger partial charge in [-0.25, -0.2) is 4.39 Å². The topological polar surface area (TPSA) is 36.1 Å². The van der Waals surface area contributed by atoms with Crippen molar-refractivity contribution in [2.45, 2.75) is 6.42 Å². The van der Waals surface area contributed by atoms with E-state index in [-0.39, 0.29) is 11.5 Å². The monoisotopic (exact) mass is 354 g/mol. The number of aromatic nitrogens is 1. The Bertz CT molecular complexity index is 992. The molecule has 1 aliphatic rings. The smallest absolute Gasteiger partial charge is 0.257 e. The second-order valence-electron chi connectivity index (χ2n) is 6.10. The molecular weight excluding hydrogens is 339 g/mol. The number of nitrogens with zero attached hydrogens (tertiary/aromatic N) is 1. The summed E-state index contributed by atoms with van der Waals surface area (Å²) in [5.41, 5.74) is 3.44. The van der Waals surface area contributed by atoms with E-state index in [1.807, 2.05) is 30.5 Å². The average Bonchev–Trinajstić information content (AvgIpc) is 3.05. The number of hydrogen-bond acceptors (Lipinski definition) is 1. The van der Waals surface area contributed by atoms with Crippen molar-refractivity contribution in [1.82, 2.24) is 9.88 Å². The van der Waals surface area contributed by atoms with Crippen LogP contribution < -0.4 is 0 Å². The molecule has 0 aliphatic carbocycles. The van der Waals surface area contributed by atoms with Crippen LogP contribution in [-0.2, 0) is 0 Å². The lowest BCUT2D eigenvalue weighted by Crippen LogP contribution is -2.35. The first-order chi connectivity index (χ1) is 12.1. The van der Waals surface area contributed by atoms with Gasteiger partial charge in [0.15, 0.2) is 0 Å². The summed E-state index contributed by atoms with van der Waals surface area (Å²) in [5, 5.41) is 1.77. The van der Waals surface area contributed by atoms with E-state index >= 15 is 0 Å². The van der Waals surface area contributed by atoms with Crippen LogP contribution in [-0.4, -0.2) is 28.9 Å². The first-order valence-corrected chi connectivity index (χ1v) is 8.51. The summed E-state index contributed by atoms with van der Waals surface area (Å²) in [7, 11) is 0. The Balaban J connectivity index is 1.59. The number of fused-ring (bicyclic) bond motifs is 1. The van der Waals surface area contributed by atoms with E-state index in [2.05, 4.69) is 4.98 Å². The molecule has 0 unspecified atom stereocenters. The zero-order valence-corrected chi connectivity index (χ0v) is 14.2. The van der Waals surface area contributed by atoms with Gasteiger partial charge in [0.1, 0.15) is 5.82 Å². The highest BCUT2D eigenvalue weighted by Gasteiger charge is 2.22. The molecule has 1 amide bonds. The van der Waals surface area contributed by atoms with E-state index < -0.39 is 5.82 Å². The summed E-state index contributed by atoms with van der Waals surface area (Å²) in [6, 6.07) is 11.9. The Hall–Kier alpha value is -2.59. The Kier molecular flexibility index (Phi) is 4.06. The van der Waals surface area contributed by atoms with Crippen molar-refractivity contribution in [2.24, 2.45) is 0 Å². The van der Waals surface area contributed by atoms with E-state index in [1.54, 1.807) is 17.0 Å². The lowest BCUT2D eigenvalue weighted by Gasteiger charge is -2.26. The minimum Gasteiger partial charge on any atom is -0.361 e.